The first-order valence-corrected chi connectivity index (χ1v) is 10.8. The van der Waals surface area contributed by atoms with Crippen molar-refractivity contribution < 1.29 is 14.3 Å². The topological polar surface area (TPSA) is 97.3 Å². The summed E-state index contributed by atoms with van der Waals surface area (Å²) in [5, 5.41) is 13.0. The van der Waals surface area contributed by atoms with Crippen molar-refractivity contribution in [2.24, 2.45) is 0 Å². The number of hydrogen-bond donors (Lipinski definition) is 3. The normalized spacial score (nSPS) is 10.4. The summed E-state index contributed by atoms with van der Waals surface area (Å²) in [6.45, 7) is 0.372. The molecule has 0 bridgehead atoms. The van der Waals surface area contributed by atoms with Crippen LogP contribution in [0, 0.1) is 0 Å². The van der Waals surface area contributed by atoms with Crippen molar-refractivity contribution in [3.05, 3.63) is 101 Å². The average Bonchev–Trinajstić information content (AvgIpc) is 3.32. The van der Waals surface area contributed by atoms with Crippen LogP contribution in [0.4, 0.5) is 16.2 Å². The first-order valence-electron chi connectivity index (χ1n) is 10.4. The molecule has 1 heterocycles. The molecule has 3 aromatic carbocycles. The van der Waals surface area contributed by atoms with Crippen LogP contribution in [0.3, 0.4) is 0 Å². The molecule has 4 aromatic rings. The molecule has 3 N–H and O–H groups in total. The van der Waals surface area contributed by atoms with Crippen LogP contribution in [0.2, 0.25) is 5.02 Å². The van der Waals surface area contributed by atoms with Crippen LogP contribution >= 0.6 is 11.6 Å². The Bertz CT molecular complexity index is 1320. The van der Waals surface area contributed by atoms with Crippen molar-refractivity contribution >= 4 is 34.9 Å². The van der Waals surface area contributed by atoms with Crippen LogP contribution in [0.5, 0.6) is 5.75 Å². The second-order valence-electron chi connectivity index (χ2n) is 7.32. The first kappa shape index (κ1) is 22.9. The van der Waals surface area contributed by atoms with E-state index < -0.39 is 6.03 Å². The molecule has 0 fully saturated rings. The Balaban J connectivity index is 1.39. The number of carbonyl (C=O) groups is 2. The molecule has 8 nitrogen and oxygen atoms in total. The molecule has 1 aromatic heterocycles. The summed E-state index contributed by atoms with van der Waals surface area (Å²) in [5.74, 6) is 0.520. The van der Waals surface area contributed by atoms with E-state index in [1.807, 2.05) is 30.3 Å². The predicted molar refractivity (Wildman–Crippen MR) is 132 cm³/mol. The van der Waals surface area contributed by atoms with Gasteiger partial charge in [-0.1, -0.05) is 41.9 Å². The fraction of sp³-hybridized carbons (Fsp3) is 0.0800. The molecule has 0 saturated carbocycles. The largest absolute Gasteiger partial charge is 0.497 e. The zero-order chi connectivity index (χ0) is 23.9. The highest BCUT2D eigenvalue weighted by atomic mass is 35.5. The molecule has 0 aliphatic carbocycles. The number of para-hydroxylation sites is 1. The third-order valence-electron chi connectivity index (χ3n) is 4.92. The van der Waals surface area contributed by atoms with Crippen molar-refractivity contribution in [3.63, 3.8) is 0 Å². The molecule has 4 rings (SSSR count). The molecule has 0 atom stereocenters. The number of nitrogens with one attached hydrogen (secondary N) is 3. The number of urea groups is 1. The number of rotatable bonds is 7. The van der Waals surface area contributed by atoms with Gasteiger partial charge in [0.25, 0.3) is 5.91 Å². The van der Waals surface area contributed by atoms with Gasteiger partial charge in [0.05, 0.1) is 41.6 Å². The molecule has 0 saturated heterocycles. The maximum Gasteiger partial charge on any atom is 0.323 e. The lowest BCUT2D eigenvalue weighted by Crippen LogP contribution is -2.22. The van der Waals surface area contributed by atoms with E-state index in [2.05, 4.69) is 21.0 Å². The summed E-state index contributed by atoms with van der Waals surface area (Å²) < 4.78 is 6.79. The number of aromatic nitrogens is 2. The van der Waals surface area contributed by atoms with Gasteiger partial charge < -0.3 is 20.7 Å². The van der Waals surface area contributed by atoms with Gasteiger partial charge in [-0.25, -0.2) is 9.48 Å². The molecule has 34 heavy (non-hydrogen) atoms. The minimum Gasteiger partial charge on any atom is -0.497 e. The van der Waals surface area contributed by atoms with Crippen molar-refractivity contribution in [2.45, 2.75) is 6.54 Å². The Morgan fingerprint density at radius 3 is 2.65 bits per heavy atom. The van der Waals surface area contributed by atoms with Gasteiger partial charge in [-0.05, 0) is 48.0 Å². The molecule has 0 radical (unpaired) electrons. The smallest absolute Gasteiger partial charge is 0.323 e. The van der Waals surface area contributed by atoms with Crippen LogP contribution < -0.4 is 20.7 Å². The lowest BCUT2D eigenvalue weighted by Gasteiger charge is -2.09. The van der Waals surface area contributed by atoms with E-state index in [1.54, 1.807) is 60.5 Å². The predicted octanol–water partition coefficient (Wildman–Crippen LogP) is 5.11. The minimum absolute atomic E-state index is 0.214. The molecular formula is C25H22ClN5O3. The number of anilines is 2. The summed E-state index contributed by atoms with van der Waals surface area (Å²) >= 11 is 6.07. The van der Waals surface area contributed by atoms with E-state index in [9.17, 15) is 9.59 Å². The Labute approximate surface area is 201 Å². The van der Waals surface area contributed by atoms with Crippen molar-refractivity contribution in [1.29, 1.82) is 0 Å². The van der Waals surface area contributed by atoms with Gasteiger partial charge in [-0.15, -0.1) is 0 Å². The summed E-state index contributed by atoms with van der Waals surface area (Å²) in [6.07, 6.45) is 3.17. The maximum atomic E-state index is 12.7. The standard InChI is InChI=1S/C25H22ClN5O3/c1-34-21-9-4-6-17(12-21)14-27-24(32)18-7-5-8-20(13-18)31-16-19(15-28-31)29-25(33)30-23-11-3-2-10-22(23)26/h2-13,15-16H,14H2,1H3,(H,27,32)(H2,29,30,33). The van der Waals surface area contributed by atoms with Gasteiger partial charge in [0, 0.05) is 12.1 Å². The molecule has 9 heteroatoms. The zero-order valence-corrected chi connectivity index (χ0v) is 19.0. The monoisotopic (exact) mass is 475 g/mol. The highest BCUT2D eigenvalue weighted by molar-refractivity contribution is 6.33. The highest BCUT2D eigenvalue weighted by Crippen LogP contribution is 2.21. The first-order chi connectivity index (χ1) is 16.5. The number of benzene rings is 3. The van der Waals surface area contributed by atoms with Gasteiger partial charge in [0.15, 0.2) is 0 Å². The van der Waals surface area contributed by atoms with Crippen LogP contribution in [0.1, 0.15) is 15.9 Å². The highest BCUT2D eigenvalue weighted by Gasteiger charge is 2.10. The number of nitrogens with zero attached hydrogens (tertiary/aromatic N) is 2. The van der Waals surface area contributed by atoms with Crippen LogP contribution in [0.25, 0.3) is 5.69 Å². The molecular weight excluding hydrogens is 454 g/mol. The summed E-state index contributed by atoms with van der Waals surface area (Å²) in [4.78, 5) is 24.9. The number of amides is 3. The lowest BCUT2D eigenvalue weighted by molar-refractivity contribution is 0.0951. The molecule has 3 amide bonds. The number of carbonyl (C=O) groups excluding carboxylic acids is 2. The Morgan fingerprint density at radius 1 is 1.00 bits per heavy atom. The van der Waals surface area contributed by atoms with Gasteiger partial charge in [0.1, 0.15) is 5.75 Å². The van der Waals surface area contributed by atoms with E-state index in [4.69, 9.17) is 16.3 Å². The quantitative estimate of drug-likeness (QED) is 0.346. The van der Waals surface area contributed by atoms with Crippen molar-refractivity contribution in [2.75, 3.05) is 17.7 Å². The maximum absolute atomic E-state index is 12.7. The van der Waals surface area contributed by atoms with Gasteiger partial charge in [-0.2, -0.15) is 5.10 Å². The number of hydrogen-bond acceptors (Lipinski definition) is 4. The van der Waals surface area contributed by atoms with Gasteiger partial charge in [-0.3, -0.25) is 4.79 Å². The molecule has 0 spiro atoms. The number of halogens is 1. The van der Waals surface area contributed by atoms with E-state index in [-0.39, 0.29) is 5.91 Å². The molecule has 172 valence electrons. The number of ether oxygens (including phenoxy) is 1. The fourth-order valence-electron chi connectivity index (χ4n) is 3.23. The average molecular weight is 476 g/mol. The van der Waals surface area contributed by atoms with E-state index >= 15 is 0 Å². The molecule has 0 unspecified atom stereocenters. The Morgan fingerprint density at radius 2 is 1.82 bits per heavy atom. The van der Waals surface area contributed by atoms with Crippen LogP contribution in [0.15, 0.2) is 85.2 Å². The van der Waals surface area contributed by atoms with Gasteiger partial charge >= 0.3 is 6.03 Å². The SMILES string of the molecule is COc1cccc(CNC(=O)c2cccc(-n3cc(NC(=O)Nc4ccccc4Cl)cn3)c2)c1. The third-order valence-corrected chi connectivity index (χ3v) is 5.25. The third kappa shape index (κ3) is 5.73. The Kier molecular flexibility index (Phi) is 7.10. The lowest BCUT2D eigenvalue weighted by atomic mass is 10.1. The number of methoxy groups -OCH3 is 1. The van der Waals surface area contributed by atoms with Crippen molar-refractivity contribution in [1.82, 2.24) is 15.1 Å². The minimum atomic E-state index is -0.446. The van der Waals surface area contributed by atoms with Crippen LogP contribution in [-0.2, 0) is 6.54 Å². The van der Waals surface area contributed by atoms with Gasteiger partial charge in [0.2, 0.25) is 0 Å². The zero-order valence-electron chi connectivity index (χ0n) is 18.3. The van der Waals surface area contributed by atoms with Crippen molar-refractivity contribution in [3.8, 4) is 11.4 Å². The van der Waals surface area contributed by atoms with E-state index in [0.29, 0.717) is 34.2 Å². The second-order valence-corrected chi connectivity index (χ2v) is 7.72. The fourth-order valence-corrected chi connectivity index (χ4v) is 3.42. The summed E-state index contributed by atoms with van der Waals surface area (Å²) in [7, 11) is 1.60. The van der Waals surface area contributed by atoms with E-state index in [0.717, 1.165) is 11.3 Å². The summed E-state index contributed by atoms with van der Waals surface area (Å²) in [6, 6.07) is 21.1. The second kappa shape index (κ2) is 10.5. The Hall–Kier alpha value is -4.30. The molecule has 0 aliphatic rings. The summed E-state index contributed by atoms with van der Waals surface area (Å²) in [5.41, 5.74) is 3.08. The van der Waals surface area contributed by atoms with E-state index in [1.165, 1.54) is 6.20 Å². The van der Waals surface area contributed by atoms with Crippen LogP contribution in [-0.4, -0.2) is 28.8 Å². The molecule has 0 aliphatic heterocycles.